The molecule has 2 aliphatic heterocycles. The number of aliphatic hydroxyl groups is 1. The smallest absolute Gasteiger partial charge is 0.301 e. The molecule has 0 radical (unpaired) electrons. The number of hydrogen-bond acceptors (Lipinski definition) is 9. The first kappa shape index (κ1) is 31.8. The lowest BCUT2D eigenvalue weighted by Crippen LogP contribution is -2.29. The largest absolute Gasteiger partial charge is 0.507 e. The molecular weight excluding hydrogens is 667 g/mol. The summed E-state index contributed by atoms with van der Waals surface area (Å²) in [6.07, 6.45) is 0.690. The van der Waals surface area contributed by atoms with Crippen LogP contribution in [0.4, 0.5) is 5.13 Å². The monoisotopic (exact) mass is 697 g/mol. The maximum absolute atomic E-state index is 13.9. The van der Waals surface area contributed by atoms with Crippen LogP contribution >= 0.6 is 23.1 Å². The van der Waals surface area contributed by atoms with E-state index in [1.165, 1.54) is 33.4 Å². The van der Waals surface area contributed by atoms with E-state index in [0.29, 0.717) is 40.0 Å². The molecule has 10 heteroatoms. The standard InChI is InChI=1S/C40H31N3O5S2/c1-24-19-30-20-28(17-18-33(30)48-24)36(44)34-35(27-13-8-15-31(21-27)47-22-25-9-3-2-4-10-25)43(38(46)37(34)45)39-41-42-40(50-39)49-23-29-14-7-12-26-11-5-6-16-32(26)29/h2-18,20-21,24,35,44H,19,22-23H2,1H3/b36-34-. The number of rotatable bonds is 9. The first-order valence-electron chi connectivity index (χ1n) is 16.2. The van der Waals surface area contributed by atoms with Crippen LogP contribution in [0.5, 0.6) is 11.5 Å². The highest BCUT2D eigenvalue weighted by Gasteiger charge is 2.48. The van der Waals surface area contributed by atoms with Gasteiger partial charge in [-0.3, -0.25) is 14.5 Å². The Balaban J connectivity index is 1.15. The van der Waals surface area contributed by atoms with E-state index in [1.54, 1.807) is 18.2 Å². The molecule has 248 valence electrons. The van der Waals surface area contributed by atoms with Crippen LogP contribution in [0.2, 0.25) is 0 Å². The SMILES string of the molecule is CC1Cc2cc(/C(O)=C3/C(=O)C(=O)N(c4nnc(SCc5cccc6ccccc56)s4)C3c3cccc(OCc4ccccc4)c3)ccc2O1. The fourth-order valence-electron chi connectivity index (χ4n) is 6.50. The van der Waals surface area contributed by atoms with Gasteiger partial charge < -0.3 is 14.6 Å². The summed E-state index contributed by atoms with van der Waals surface area (Å²) in [6.45, 7) is 2.32. The minimum absolute atomic E-state index is 0.0108. The summed E-state index contributed by atoms with van der Waals surface area (Å²) >= 11 is 2.76. The van der Waals surface area contributed by atoms with Crippen LogP contribution in [-0.4, -0.2) is 33.1 Å². The number of amides is 1. The van der Waals surface area contributed by atoms with Gasteiger partial charge in [0.15, 0.2) is 4.34 Å². The van der Waals surface area contributed by atoms with E-state index in [9.17, 15) is 14.7 Å². The number of Topliss-reactive ketones (excluding diaryl/α,β-unsaturated/α-hetero) is 1. The molecule has 0 spiro atoms. The Bertz CT molecular complexity index is 2280. The molecule has 2 unspecified atom stereocenters. The third-order valence-electron chi connectivity index (χ3n) is 8.87. The van der Waals surface area contributed by atoms with E-state index in [0.717, 1.165) is 27.8 Å². The first-order valence-corrected chi connectivity index (χ1v) is 18.0. The minimum atomic E-state index is -0.970. The third-order valence-corrected chi connectivity index (χ3v) is 11.0. The molecule has 2 atom stereocenters. The summed E-state index contributed by atoms with van der Waals surface area (Å²) in [5.41, 5.74) is 4.09. The van der Waals surface area contributed by atoms with Crippen LogP contribution in [0.3, 0.4) is 0 Å². The molecule has 50 heavy (non-hydrogen) atoms. The number of carbonyl (C=O) groups is 2. The van der Waals surface area contributed by atoms with E-state index in [2.05, 4.69) is 34.5 Å². The van der Waals surface area contributed by atoms with Gasteiger partial charge in [0.05, 0.1) is 11.6 Å². The minimum Gasteiger partial charge on any atom is -0.507 e. The summed E-state index contributed by atoms with van der Waals surface area (Å²) < 4.78 is 12.6. The van der Waals surface area contributed by atoms with Crippen LogP contribution in [0.25, 0.3) is 16.5 Å². The second kappa shape index (κ2) is 13.5. The Morgan fingerprint density at radius 3 is 2.62 bits per heavy atom. The number of aliphatic hydroxyl groups excluding tert-OH is 1. The number of aromatic nitrogens is 2. The van der Waals surface area contributed by atoms with Gasteiger partial charge in [-0.2, -0.15) is 0 Å². The Hall–Kier alpha value is -5.45. The van der Waals surface area contributed by atoms with Crippen LogP contribution in [0, 0.1) is 0 Å². The number of carbonyl (C=O) groups excluding carboxylic acids is 2. The molecule has 0 saturated carbocycles. The number of ketones is 1. The van der Waals surface area contributed by atoms with Gasteiger partial charge in [-0.25, -0.2) is 0 Å². The van der Waals surface area contributed by atoms with Gasteiger partial charge in [-0.1, -0.05) is 108 Å². The maximum atomic E-state index is 13.9. The second-order valence-corrected chi connectivity index (χ2v) is 14.4. The number of nitrogens with zero attached hydrogens (tertiary/aromatic N) is 3. The van der Waals surface area contributed by atoms with Crippen LogP contribution in [0.15, 0.2) is 125 Å². The lowest BCUT2D eigenvalue weighted by atomic mass is 9.94. The van der Waals surface area contributed by atoms with Crippen molar-refractivity contribution in [2.45, 2.75) is 42.2 Å². The van der Waals surface area contributed by atoms with Crippen molar-refractivity contribution in [3.8, 4) is 11.5 Å². The summed E-state index contributed by atoms with van der Waals surface area (Å²) in [7, 11) is 0. The Morgan fingerprint density at radius 1 is 0.940 bits per heavy atom. The zero-order valence-electron chi connectivity index (χ0n) is 27.0. The van der Waals surface area contributed by atoms with E-state index in [4.69, 9.17) is 9.47 Å². The lowest BCUT2D eigenvalue weighted by Gasteiger charge is -2.23. The van der Waals surface area contributed by atoms with Crippen LogP contribution in [-0.2, 0) is 28.4 Å². The molecule has 5 aromatic carbocycles. The molecule has 2 aliphatic rings. The molecule has 8 nitrogen and oxygen atoms in total. The molecule has 1 amide bonds. The predicted octanol–water partition coefficient (Wildman–Crippen LogP) is 8.51. The molecule has 1 saturated heterocycles. The highest BCUT2D eigenvalue weighted by atomic mass is 32.2. The fourth-order valence-corrected chi connectivity index (χ4v) is 8.37. The number of fused-ring (bicyclic) bond motifs is 2. The van der Waals surface area contributed by atoms with Crippen molar-refractivity contribution in [1.29, 1.82) is 0 Å². The fraction of sp³-hybridized carbons (Fsp3) is 0.150. The van der Waals surface area contributed by atoms with E-state index in [1.807, 2.05) is 79.7 Å². The number of ether oxygens (including phenoxy) is 2. The molecule has 0 bridgehead atoms. The van der Waals surface area contributed by atoms with Gasteiger partial charge in [0, 0.05) is 17.7 Å². The Morgan fingerprint density at radius 2 is 1.74 bits per heavy atom. The molecule has 0 aliphatic carbocycles. The van der Waals surface area contributed by atoms with Gasteiger partial charge in [0.25, 0.3) is 5.78 Å². The van der Waals surface area contributed by atoms with Gasteiger partial charge in [-0.05, 0) is 70.3 Å². The Labute approximate surface area is 297 Å². The highest BCUT2D eigenvalue weighted by Crippen LogP contribution is 2.45. The molecule has 1 fully saturated rings. The van der Waals surface area contributed by atoms with Crippen molar-refractivity contribution in [3.63, 3.8) is 0 Å². The lowest BCUT2D eigenvalue weighted by molar-refractivity contribution is -0.132. The second-order valence-electron chi connectivity index (χ2n) is 12.2. The molecule has 3 heterocycles. The maximum Gasteiger partial charge on any atom is 0.301 e. The summed E-state index contributed by atoms with van der Waals surface area (Å²) in [6, 6.07) is 35.9. The number of thioether (sulfide) groups is 1. The van der Waals surface area contributed by atoms with Crippen molar-refractivity contribution in [2.75, 3.05) is 4.90 Å². The average molecular weight is 698 g/mol. The third kappa shape index (κ3) is 6.12. The quantitative estimate of drug-likeness (QED) is 0.0528. The summed E-state index contributed by atoms with van der Waals surface area (Å²) in [5.74, 6) is 0.116. The van der Waals surface area contributed by atoms with E-state index in [-0.39, 0.29) is 22.6 Å². The van der Waals surface area contributed by atoms with Crippen LogP contribution < -0.4 is 14.4 Å². The van der Waals surface area contributed by atoms with E-state index >= 15 is 0 Å². The molecule has 8 rings (SSSR count). The van der Waals surface area contributed by atoms with Crippen molar-refractivity contribution >= 4 is 56.5 Å². The van der Waals surface area contributed by atoms with Crippen molar-refractivity contribution in [3.05, 3.63) is 149 Å². The molecule has 6 aromatic rings. The molecule has 1 aromatic heterocycles. The van der Waals surface area contributed by atoms with Crippen molar-refractivity contribution in [1.82, 2.24) is 10.2 Å². The molecule has 1 N–H and O–H groups in total. The zero-order chi connectivity index (χ0) is 34.2. The first-order chi connectivity index (χ1) is 24.4. The normalized spacial score (nSPS) is 18.0. The summed E-state index contributed by atoms with van der Waals surface area (Å²) in [5, 5.41) is 23.2. The highest BCUT2D eigenvalue weighted by molar-refractivity contribution is 8.00. The molecular formula is C40H31N3O5S2. The predicted molar refractivity (Wildman–Crippen MR) is 196 cm³/mol. The van der Waals surface area contributed by atoms with Crippen molar-refractivity contribution in [2.24, 2.45) is 0 Å². The van der Waals surface area contributed by atoms with Gasteiger partial charge in [0.1, 0.15) is 30.0 Å². The number of anilines is 1. The zero-order valence-corrected chi connectivity index (χ0v) is 28.6. The van der Waals surface area contributed by atoms with Gasteiger partial charge in [0.2, 0.25) is 5.13 Å². The van der Waals surface area contributed by atoms with E-state index < -0.39 is 17.7 Å². The van der Waals surface area contributed by atoms with Crippen molar-refractivity contribution < 1.29 is 24.2 Å². The van der Waals surface area contributed by atoms with Gasteiger partial charge in [-0.15, -0.1) is 10.2 Å². The number of benzene rings is 5. The van der Waals surface area contributed by atoms with Crippen LogP contribution in [0.1, 0.15) is 40.8 Å². The summed E-state index contributed by atoms with van der Waals surface area (Å²) in [4.78, 5) is 29.2. The Kier molecular flexibility index (Phi) is 8.56. The number of hydrogen-bond donors (Lipinski definition) is 1. The topological polar surface area (TPSA) is 102 Å². The average Bonchev–Trinajstić information content (AvgIpc) is 3.84. The van der Waals surface area contributed by atoms with Gasteiger partial charge >= 0.3 is 5.91 Å².